The fourth-order valence-corrected chi connectivity index (χ4v) is 4.83. The van der Waals surface area contributed by atoms with Crippen molar-refractivity contribution in [1.29, 1.82) is 0 Å². The molecule has 1 aliphatic carbocycles. The van der Waals surface area contributed by atoms with Crippen molar-refractivity contribution in [2.24, 2.45) is 13.0 Å². The molecule has 1 saturated carbocycles. The molecule has 1 unspecified atom stereocenters. The average Bonchev–Trinajstić information content (AvgIpc) is 3.53. The number of nitrogens with zero attached hydrogens (tertiary/aromatic N) is 2. The van der Waals surface area contributed by atoms with Gasteiger partial charge in [-0.3, -0.25) is 9.00 Å². The molecular weight excluding hydrogens is 488 g/mol. The van der Waals surface area contributed by atoms with Crippen LogP contribution in [0.2, 0.25) is 0 Å². The monoisotopic (exact) mass is 512 g/mol. The Morgan fingerprint density at radius 1 is 1.14 bits per heavy atom. The van der Waals surface area contributed by atoms with Gasteiger partial charge in [0, 0.05) is 66.4 Å². The molecule has 1 N–H and O–H groups in total. The highest BCUT2D eigenvalue weighted by Gasteiger charge is 2.25. The van der Waals surface area contributed by atoms with Crippen LogP contribution in [-0.4, -0.2) is 35.7 Å². The van der Waals surface area contributed by atoms with Crippen LogP contribution in [-0.2, 0) is 24.7 Å². The summed E-state index contributed by atoms with van der Waals surface area (Å²) in [6.45, 7) is 0.838. The van der Waals surface area contributed by atoms with Crippen molar-refractivity contribution in [3.8, 4) is 22.6 Å². The molecule has 4 aromatic rings. The number of aromatic nitrogens is 2. The van der Waals surface area contributed by atoms with Gasteiger partial charge < -0.3 is 18.8 Å². The molecule has 0 radical (unpaired) electrons. The zero-order valence-electron chi connectivity index (χ0n) is 19.5. The molecule has 0 saturated heterocycles. The number of benzene rings is 2. The SMILES string of the molecule is Cn1cc(-c2cc(CCN(CC3CC3)S(=O)[O-])ccc2Oc2ccc(F)cc2F)c2cc[nH]c2c1=O. The molecular formula is C26H24F2N3O4S-. The predicted octanol–water partition coefficient (Wildman–Crippen LogP) is 4.65. The van der Waals surface area contributed by atoms with Crippen LogP contribution in [0.15, 0.2) is 59.7 Å². The summed E-state index contributed by atoms with van der Waals surface area (Å²) < 4.78 is 59.9. The number of hydrogen-bond donors (Lipinski definition) is 1. The highest BCUT2D eigenvalue weighted by molar-refractivity contribution is 7.76. The Morgan fingerprint density at radius 2 is 1.92 bits per heavy atom. The number of rotatable bonds is 9. The lowest BCUT2D eigenvalue weighted by atomic mass is 9.99. The van der Waals surface area contributed by atoms with Crippen LogP contribution < -0.4 is 10.3 Å². The third-order valence-electron chi connectivity index (χ3n) is 6.36. The summed E-state index contributed by atoms with van der Waals surface area (Å²) in [7, 11) is 1.63. The minimum atomic E-state index is -2.31. The smallest absolute Gasteiger partial charge is 0.274 e. The second-order valence-electron chi connectivity index (χ2n) is 9.03. The standard InChI is InChI=1S/C26H25F2N3O4S/c1-30-15-21(19-8-10-29-25(19)26(30)32)20-12-16(9-11-31(36(33)34)14-17-2-3-17)4-6-23(20)35-24-7-5-18(27)13-22(24)28/h4-8,10,12-13,15,17,29H,2-3,9,11,14H2,1H3,(H,33,34)/p-1. The molecule has 2 heterocycles. The third kappa shape index (κ3) is 5.11. The lowest BCUT2D eigenvalue weighted by molar-refractivity contribution is 0.378. The summed E-state index contributed by atoms with van der Waals surface area (Å²) >= 11 is -2.31. The Hall–Kier alpha value is -3.34. The molecule has 1 aliphatic rings. The maximum atomic E-state index is 14.4. The number of aromatic amines is 1. The van der Waals surface area contributed by atoms with Gasteiger partial charge in [0.2, 0.25) is 0 Å². The number of ether oxygens (including phenoxy) is 1. The number of aryl methyl sites for hydroxylation is 1. The fraction of sp³-hybridized carbons (Fsp3) is 0.269. The highest BCUT2D eigenvalue weighted by Crippen LogP contribution is 2.38. The zero-order valence-corrected chi connectivity index (χ0v) is 20.3. The molecule has 0 amide bonds. The Morgan fingerprint density at radius 3 is 2.64 bits per heavy atom. The van der Waals surface area contributed by atoms with E-state index < -0.39 is 22.9 Å². The van der Waals surface area contributed by atoms with E-state index in [0.29, 0.717) is 53.2 Å². The molecule has 0 spiro atoms. The number of fused-ring (bicyclic) bond motifs is 1. The normalized spacial score (nSPS) is 14.5. The predicted molar refractivity (Wildman–Crippen MR) is 132 cm³/mol. The van der Waals surface area contributed by atoms with Crippen molar-refractivity contribution >= 4 is 22.2 Å². The van der Waals surface area contributed by atoms with E-state index in [1.54, 1.807) is 37.6 Å². The highest BCUT2D eigenvalue weighted by atomic mass is 32.2. The second kappa shape index (κ2) is 9.96. The van der Waals surface area contributed by atoms with Crippen LogP contribution in [0.25, 0.3) is 22.0 Å². The van der Waals surface area contributed by atoms with Crippen molar-refractivity contribution in [3.63, 3.8) is 0 Å². The molecule has 1 fully saturated rings. The molecule has 1 atom stereocenters. The van der Waals surface area contributed by atoms with Crippen molar-refractivity contribution < 1.29 is 22.3 Å². The van der Waals surface area contributed by atoms with Gasteiger partial charge in [-0.2, -0.15) is 0 Å². The number of pyridine rings is 1. The first-order chi connectivity index (χ1) is 17.3. The third-order valence-corrected chi connectivity index (χ3v) is 7.11. The van der Waals surface area contributed by atoms with Crippen molar-refractivity contribution in [2.75, 3.05) is 13.1 Å². The van der Waals surface area contributed by atoms with Gasteiger partial charge in [0.05, 0.1) is 0 Å². The Bertz CT molecular complexity index is 1510. The molecule has 36 heavy (non-hydrogen) atoms. The lowest BCUT2D eigenvalue weighted by Crippen LogP contribution is -2.30. The van der Waals surface area contributed by atoms with Gasteiger partial charge in [-0.15, -0.1) is 0 Å². The molecule has 2 aromatic heterocycles. The summed E-state index contributed by atoms with van der Waals surface area (Å²) in [5.41, 5.74) is 2.33. The van der Waals surface area contributed by atoms with Crippen LogP contribution in [0.5, 0.6) is 11.5 Å². The first kappa shape index (κ1) is 24.4. The summed E-state index contributed by atoms with van der Waals surface area (Å²) in [5.74, 6) is -0.960. The van der Waals surface area contributed by atoms with E-state index in [9.17, 15) is 22.3 Å². The summed E-state index contributed by atoms with van der Waals surface area (Å²) in [6.07, 6.45) is 5.89. The Balaban J connectivity index is 1.55. The minimum Gasteiger partial charge on any atom is -0.760 e. The largest absolute Gasteiger partial charge is 0.760 e. The van der Waals surface area contributed by atoms with Crippen LogP contribution in [0.3, 0.4) is 0 Å². The van der Waals surface area contributed by atoms with Crippen molar-refractivity contribution in [2.45, 2.75) is 19.3 Å². The number of H-pyrrole nitrogens is 1. The van der Waals surface area contributed by atoms with E-state index in [0.717, 1.165) is 30.5 Å². The van der Waals surface area contributed by atoms with Gasteiger partial charge in [-0.1, -0.05) is 6.07 Å². The quantitative estimate of drug-likeness (QED) is 0.331. The Kier molecular flexibility index (Phi) is 6.74. The van der Waals surface area contributed by atoms with E-state index in [1.165, 1.54) is 14.9 Å². The van der Waals surface area contributed by atoms with Gasteiger partial charge in [-0.25, -0.2) is 13.1 Å². The van der Waals surface area contributed by atoms with E-state index in [4.69, 9.17) is 4.74 Å². The molecule has 5 rings (SSSR count). The summed E-state index contributed by atoms with van der Waals surface area (Å²) in [5, 5.41) is 0.663. The summed E-state index contributed by atoms with van der Waals surface area (Å²) in [4.78, 5) is 15.5. The molecule has 0 bridgehead atoms. The Labute approximate surface area is 208 Å². The average molecular weight is 513 g/mol. The van der Waals surface area contributed by atoms with E-state index in [1.807, 2.05) is 6.07 Å². The minimum absolute atomic E-state index is 0.141. The fourth-order valence-electron chi connectivity index (χ4n) is 4.26. The molecule has 188 valence electrons. The lowest BCUT2D eigenvalue weighted by Gasteiger charge is -2.24. The van der Waals surface area contributed by atoms with Gasteiger partial charge >= 0.3 is 0 Å². The number of hydrogen-bond acceptors (Lipinski definition) is 4. The first-order valence-corrected chi connectivity index (χ1v) is 12.6. The van der Waals surface area contributed by atoms with Gasteiger partial charge in [-0.05, 0) is 61.1 Å². The topological polar surface area (TPSA) is 90.4 Å². The van der Waals surface area contributed by atoms with Crippen LogP contribution in [0.4, 0.5) is 8.78 Å². The van der Waals surface area contributed by atoms with Gasteiger partial charge in [0.1, 0.15) is 17.1 Å². The van der Waals surface area contributed by atoms with E-state index in [-0.39, 0.29) is 11.3 Å². The van der Waals surface area contributed by atoms with Gasteiger partial charge in [0.15, 0.2) is 11.6 Å². The molecule has 0 aliphatic heterocycles. The van der Waals surface area contributed by atoms with E-state index >= 15 is 0 Å². The van der Waals surface area contributed by atoms with E-state index in [2.05, 4.69) is 4.98 Å². The maximum Gasteiger partial charge on any atom is 0.274 e. The van der Waals surface area contributed by atoms with Crippen LogP contribution in [0, 0.1) is 17.6 Å². The van der Waals surface area contributed by atoms with Crippen LogP contribution in [0.1, 0.15) is 18.4 Å². The summed E-state index contributed by atoms with van der Waals surface area (Å²) in [6, 6.07) is 10.2. The second-order valence-corrected chi connectivity index (χ2v) is 9.98. The van der Waals surface area contributed by atoms with Crippen LogP contribution >= 0.6 is 0 Å². The molecule has 2 aromatic carbocycles. The molecule has 10 heteroatoms. The zero-order chi connectivity index (χ0) is 25.4. The number of halogens is 2. The molecule has 7 nitrogen and oxygen atoms in total. The van der Waals surface area contributed by atoms with Crippen molar-refractivity contribution in [1.82, 2.24) is 13.9 Å². The maximum absolute atomic E-state index is 14.4. The number of nitrogens with one attached hydrogen (secondary N) is 1. The first-order valence-electron chi connectivity index (χ1n) is 11.6. The van der Waals surface area contributed by atoms with Gasteiger partial charge in [0.25, 0.3) is 5.56 Å². The van der Waals surface area contributed by atoms with Crippen molar-refractivity contribution in [3.05, 3.63) is 82.4 Å².